The molecule has 2 heteroatoms. The highest BCUT2D eigenvalue weighted by atomic mass is 32.2. The van der Waals surface area contributed by atoms with Crippen LogP contribution in [0.5, 0.6) is 0 Å². The molecule has 0 aliphatic rings. The number of thioether (sulfide) groups is 1. The fraction of sp³-hybridized carbons (Fsp3) is 0.294. The summed E-state index contributed by atoms with van der Waals surface area (Å²) >= 11 is 1.78. The van der Waals surface area contributed by atoms with Gasteiger partial charge in [-0.05, 0) is 43.0 Å². The summed E-state index contributed by atoms with van der Waals surface area (Å²) in [6.07, 6.45) is 2.11. The van der Waals surface area contributed by atoms with E-state index in [1.807, 2.05) is 0 Å². The molecular formula is C17H21NS. The first kappa shape index (κ1) is 14.2. The molecule has 19 heavy (non-hydrogen) atoms. The highest BCUT2D eigenvalue weighted by Crippen LogP contribution is 2.24. The topological polar surface area (TPSA) is 12.0 Å². The van der Waals surface area contributed by atoms with E-state index >= 15 is 0 Å². The summed E-state index contributed by atoms with van der Waals surface area (Å²) in [4.78, 5) is 1.31. The number of aryl methyl sites for hydroxylation is 1. The predicted octanol–water partition coefficient (Wildman–Crippen LogP) is 4.42. The number of hydrogen-bond donors (Lipinski definition) is 1. The van der Waals surface area contributed by atoms with Gasteiger partial charge in [-0.1, -0.05) is 48.9 Å². The van der Waals surface area contributed by atoms with Crippen molar-refractivity contribution in [2.75, 3.05) is 12.8 Å². The van der Waals surface area contributed by atoms with E-state index in [2.05, 4.69) is 74.0 Å². The summed E-state index contributed by atoms with van der Waals surface area (Å²) in [7, 11) is 0. The Balaban J connectivity index is 2.30. The lowest BCUT2D eigenvalue weighted by molar-refractivity contribution is 0.630. The van der Waals surface area contributed by atoms with E-state index in [4.69, 9.17) is 0 Å². The van der Waals surface area contributed by atoms with E-state index in [9.17, 15) is 0 Å². The van der Waals surface area contributed by atoms with Gasteiger partial charge in [-0.3, -0.25) is 0 Å². The zero-order chi connectivity index (χ0) is 13.7. The molecule has 0 amide bonds. The molecule has 0 spiro atoms. The Kier molecular flexibility index (Phi) is 5.06. The van der Waals surface area contributed by atoms with Crippen molar-refractivity contribution in [3.05, 3.63) is 65.2 Å². The van der Waals surface area contributed by atoms with Crippen molar-refractivity contribution in [2.24, 2.45) is 0 Å². The van der Waals surface area contributed by atoms with Crippen molar-refractivity contribution in [1.29, 1.82) is 0 Å². The fourth-order valence-corrected chi connectivity index (χ4v) is 2.60. The molecule has 2 aromatic rings. The van der Waals surface area contributed by atoms with Gasteiger partial charge in [0.1, 0.15) is 0 Å². The smallest absolute Gasteiger partial charge is 0.0576 e. The second-order valence-corrected chi connectivity index (χ2v) is 5.55. The molecule has 1 N–H and O–H groups in total. The fourth-order valence-electron chi connectivity index (χ4n) is 2.19. The van der Waals surface area contributed by atoms with Crippen LogP contribution in [-0.4, -0.2) is 12.8 Å². The van der Waals surface area contributed by atoms with Crippen molar-refractivity contribution in [3.63, 3.8) is 0 Å². The van der Waals surface area contributed by atoms with Crippen LogP contribution >= 0.6 is 11.8 Å². The Bertz CT molecular complexity index is 502. The molecule has 0 aliphatic heterocycles. The molecule has 0 radical (unpaired) electrons. The van der Waals surface area contributed by atoms with E-state index in [-0.39, 0.29) is 6.04 Å². The molecule has 100 valence electrons. The minimum absolute atomic E-state index is 0.279. The van der Waals surface area contributed by atoms with Gasteiger partial charge >= 0.3 is 0 Å². The lowest BCUT2D eigenvalue weighted by Gasteiger charge is -2.19. The minimum Gasteiger partial charge on any atom is -0.307 e. The summed E-state index contributed by atoms with van der Waals surface area (Å²) in [6.45, 7) is 5.24. The summed E-state index contributed by atoms with van der Waals surface area (Å²) < 4.78 is 0. The Hall–Kier alpha value is -1.25. The third-order valence-electron chi connectivity index (χ3n) is 3.27. The molecule has 0 saturated heterocycles. The minimum atomic E-state index is 0.279. The van der Waals surface area contributed by atoms with Gasteiger partial charge in [0.2, 0.25) is 0 Å². The van der Waals surface area contributed by atoms with Crippen molar-refractivity contribution in [2.45, 2.75) is 24.8 Å². The zero-order valence-electron chi connectivity index (χ0n) is 11.8. The van der Waals surface area contributed by atoms with Gasteiger partial charge in [0.05, 0.1) is 6.04 Å². The molecule has 2 aromatic carbocycles. The van der Waals surface area contributed by atoms with E-state index in [0.717, 1.165) is 6.54 Å². The van der Waals surface area contributed by atoms with E-state index in [1.165, 1.54) is 21.6 Å². The Morgan fingerprint density at radius 1 is 0.947 bits per heavy atom. The van der Waals surface area contributed by atoms with Crippen molar-refractivity contribution in [1.82, 2.24) is 5.32 Å². The quantitative estimate of drug-likeness (QED) is 0.808. The van der Waals surface area contributed by atoms with Crippen LogP contribution in [0.2, 0.25) is 0 Å². The lowest BCUT2D eigenvalue weighted by Crippen LogP contribution is -2.21. The summed E-state index contributed by atoms with van der Waals surface area (Å²) in [5, 5.41) is 3.57. The van der Waals surface area contributed by atoms with Crippen LogP contribution in [0.25, 0.3) is 0 Å². The predicted molar refractivity (Wildman–Crippen MR) is 84.9 cm³/mol. The first-order chi connectivity index (χ1) is 9.24. The first-order valence-electron chi connectivity index (χ1n) is 6.68. The highest BCUT2D eigenvalue weighted by molar-refractivity contribution is 7.98. The van der Waals surface area contributed by atoms with Crippen LogP contribution in [0.3, 0.4) is 0 Å². The van der Waals surface area contributed by atoms with Gasteiger partial charge in [0.15, 0.2) is 0 Å². The summed E-state index contributed by atoms with van der Waals surface area (Å²) in [5.74, 6) is 0. The monoisotopic (exact) mass is 271 g/mol. The normalized spacial score (nSPS) is 12.4. The maximum atomic E-state index is 3.57. The summed E-state index contributed by atoms with van der Waals surface area (Å²) in [6, 6.07) is 17.9. The standard InChI is InChI=1S/C17H21NS/c1-4-18-17(14-7-5-13(2)6-8-14)15-9-11-16(19-3)12-10-15/h5-12,17-18H,4H2,1-3H3. The molecular weight excluding hydrogens is 250 g/mol. The van der Waals surface area contributed by atoms with Crippen molar-refractivity contribution in [3.8, 4) is 0 Å². The molecule has 1 nitrogen and oxygen atoms in total. The molecule has 0 heterocycles. The van der Waals surface area contributed by atoms with Crippen molar-refractivity contribution < 1.29 is 0 Å². The van der Waals surface area contributed by atoms with E-state index in [0.29, 0.717) is 0 Å². The largest absolute Gasteiger partial charge is 0.307 e. The summed E-state index contributed by atoms with van der Waals surface area (Å²) in [5.41, 5.74) is 3.95. The Morgan fingerprint density at radius 3 is 1.95 bits per heavy atom. The third-order valence-corrected chi connectivity index (χ3v) is 4.01. The second-order valence-electron chi connectivity index (χ2n) is 4.67. The number of hydrogen-bond acceptors (Lipinski definition) is 2. The van der Waals surface area contributed by atoms with Crippen molar-refractivity contribution >= 4 is 11.8 Å². The van der Waals surface area contributed by atoms with Crippen LogP contribution in [0, 0.1) is 6.92 Å². The van der Waals surface area contributed by atoms with Gasteiger partial charge in [-0.2, -0.15) is 0 Å². The molecule has 0 saturated carbocycles. The molecule has 1 atom stereocenters. The van der Waals surface area contributed by atoms with Gasteiger partial charge < -0.3 is 5.32 Å². The number of rotatable bonds is 5. The van der Waals surface area contributed by atoms with E-state index < -0.39 is 0 Å². The Labute approximate surface area is 120 Å². The first-order valence-corrected chi connectivity index (χ1v) is 7.91. The zero-order valence-corrected chi connectivity index (χ0v) is 12.6. The lowest BCUT2D eigenvalue weighted by atomic mass is 9.98. The van der Waals surface area contributed by atoms with Crippen LogP contribution in [-0.2, 0) is 0 Å². The Morgan fingerprint density at radius 2 is 1.47 bits per heavy atom. The highest BCUT2D eigenvalue weighted by Gasteiger charge is 2.12. The maximum Gasteiger partial charge on any atom is 0.0576 e. The maximum absolute atomic E-state index is 3.57. The average Bonchev–Trinajstić information content (AvgIpc) is 2.46. The van der Waals surface area contributed by atoms with E-state index in [1.54, 1.807) is 11.8 Å². The number of benzene rings is 2. The molecule has 2 rings (SSSR count). The van der Waals surface area contributed by atoms with Crippen LogP contribution in [0.4, 0.5) is 0 Å². The molecule has 0 aromatic heterocycles. The molecule has 0 bridgehead atoms. The van der Waals surface area contributed by atoms with Gasteiger partial charge in [-0.25, -0.2) is 0 Å². The molecule has 1 unspecified atom stereocenters. The van der Waals surface area contributed by atoms with Gasteiger partial charge in [-0.15, -0.1) is 11.8 Å². The van der Waals surface area contributed by atoms with Crippen LogP contribution < -0.4 is 5.32 Å². The number of nitrogens with one attached hydrogen (secondary N) is 1. The van der Waals surface area contributed by atoms with Gasteiger partial charge in [0.25, 0.3) is 0 Å². The molecule has 0 aliphatic carbocycles. The van der Waals surface area contributed by atoms with Gasteiger partial charge in [0, 0.05) is 4.90 Å². The van der Waals surface area contributed by atoms with Crippen LogP contribution in [0.1, 0.15) is 29.7 Å². The second kappa shape index (κ2) is 6.78. The third kappa shape index (κ3) is 3.62. The SMILES string of the molecule is CCNC(c1ccc(C)cc1)c1ccc(SC)cc1. The van der Waals surface area contributed by atoms with Crippen LogP contribution in [0.15, 0.2) is 53.4 Å². The molecule has 0 fully saturated rings. The average molecular weight is 271 g/mol.